The molecule has 3 heterocycles. The van der Waals surface area contributed by atoms with Crippen molar-refractivity contribution in [1.29, 1.82) is 0 Å². The number of aryl methyl sites for hydroxylation is 3. The Morgan fingerprint density at radius 1 is 1.03 bits per heavy atom. The van der Waals surface area contributed by atoms with E-state index in [1.165, 1.54) is 20.5 Å². The van der Waals surface area contributed by atoms with E-state index in [2.05, 4.69) is 5.32 Å². The number of amides is 1. The Labute approximate surface area is 187 Å². The molecule has 1 amide bonds. The van der Waals surface area contributed by atoms with Crippen LogP contribution in [0.15, 0.2) is 56.7 Å². The molecule has 1 N–H and O–H groups in total. The summed E-state index contributed by atoms with van der Waals surface area (Å²) in [5, 5.41) is 6.72. The van der Waals surface area contributed by atoms with Crippen LogP contribution >= 0.6 is 22.7 Å². The molecule has 0 bridgehead atoms. The highest BCUT2D eigenvalue weighted by Gasteiger charge is 2.17. The van der Waals surface area contributed by atoms with E-state index in [-0.39, 0.29) is 24.6 Å². The minimum Gasteiger partial charge on any atom is -0.324 e. The van der Waals surface area contributed by atoms with Gasteiger partial charge in [-0.15, -0.1) is 22.7 Å². The summed E-state index contributed by atoms with van der Waals surface area (Å²) >= 11 is 2.89. The molecule has 0 fully saturated rings. The third-order valence-corrected chi connectivity index (χ3v) is 7.13. The summed E-state index contributed by atoms with van der Waals surface area (Å²) < 4.78 is 3.14. The van der Waals surface area contributed by atoms with Gasteiger partial charge in [0.1, 0.15) is 11.2 Å². The molecular weight excluding hydrogens is 430 g/mol. The summed E-state index contributed by atoms with van der Waals surface area (Å²) in [7, 11) is 0. The Hall–Kier alpha value is -2.97. The zero-order valence-electron chi connectivity index (χ0n) is 17.4. The van der Waals surface area contributed by atoms with Crippen molar-refractivity contribution in [1.82, 2.24) is 9.13 Å². The zero-order valence-corrected chi connectivity index (χ0v) is 19.0. The van der Waals surface area contributed by atoms with Crippen LogP contribution in [0.5, 0.6) is 0 Å². The monoisotopic (exact) mass is 453 g/mol. The first-order valence-electron chi connectivity index (χ1n) is 10.1. The number of hydrogen-bond acceptors (Lipinski definition) is 5. The molecule has 0 atom stereocenters. The van der Waals surface area contributed by atoms with Crippen LogP contribution in [0, 0.1) is 6.92 Å². The number of nitrogens with zero attached hydrogens (tertiary/aromatic N) is 2. The molecule has 0 aliphatic rings. The van der Waals surface area contributed by atoms with Gasteiger partial charge in [-0.2, -0.15) is 0 Å². The maximum absolute atomic E-state index is 13.2. The maximum Gasteiger partial charge on any atom is 0.332 e. The number of fused-ring (bicyclic) bond motifs is 1. The molecule has 0 radical (unpaired) electrons. The third-order valence-electron chi connectivity index (χ3n) is 5.30. The van der Waals surface area contributed by atoms with Crippen molar-refractivity contribution >= 4 is 44.5 Å². The SMILES string of the molecule is CCc1cccc(C)c1NC(=O)Cn1c(=O)n(CCc2cccs2)c(=O)c2sccc21. The van der Waals surface area contributed by atoms with E-state index < -0.39 is 5.69 Å². The Morgan fingerprint density at radius 3 is 2.61 bits per heavy atom. The quantitative estimate of drug-likeness (QED) is 0.459. The highest BCUT2D eigenvalue weighted by molar-refractivity contribution is 7.17. The van der Waals surface area contributed by atoms with E-state index in [0.29, 0.717) is 16.6 Å². The van der Waals surface area contributed by atoms with E-state index in [9.17, 15) is 14.4 Å². The minimum atomic E-state index is -0.455. The highest BCUT2D eigenvalue weighted by Crippen LogP contribution is 2.21. The number of rotatable bonds is 7. The van der Waals surface area contributed by atoms with Crippen molar-refractivity contribution in [2.75, 3.05) is 5.32 Å². The van der Waals surface area contributed by atoms with E-state index in [0.717, 1.165) is 28.1 Å². The first-order chi connectivity index (χ1) is 15.0. The second-order valence-electron chi connectivity index (χ2n) is 7.30. The number of para-hydroxylation sites is 1. The van der Waals surface area contributed by atoms with Gasteiger partial charge in [0.2, 0.25) is 5.91 Å². The first kappa shape index (κ1) is 21.3. The number of thiophene rings is 2. The fraction of sp³-hybridized carbons (Fsp3) is 0.261. The molecule has 4 rings (SSSR count). The fourth-order valence-electron chi connectivity index (χ4n) is 3.68. The van der Waals surface area contributed by atoms with Crippen LogP contribution in [-0.4, -0.2) is 15.0 Å². The molecule has 160 valence electrons. The van der Waals surface area contributed by atoms with Crippen molar-refractivity contribution in [2.24, 2.45) is 0 Å². The van der Waals surface area contributed by atoms with Crippen LogP contribution in [0.3, 0.4) is 0 Å². The molecular formula is C23H23N3O3S2. The van der Waals surface area contributed by atoms with Gasteiger partial charge in [-0.25, -0.2) is 4.79 Å². The number of hydrogen-bond donors (Lipinski definition) is 1. The maximum atomic E-state index is 13.2. The lowest BCUT2D eigenvalue weighted by Gasteiger charge is -2.15. The van der Waals surface area contributed by atoms with Crippen molar-refractivity contribution in [3.05, 3.63) is 84.0 Å². The lowest BCUT2D eigenvalue weighted by atomic mass is 10.1. The van der Waals surface area contributed by atoms with Gasteiger partial charge in [0.05, 0.1) is 5.52 Å². The standard InChI is InChI=1S/C23H23N3O3S2/c1-3-16-7-4-6-15(2)20(16)24-19(27)14-26-18-10-13-31-21(18)22(28)25(23(26)29)11-9-17-8-5-12-30-17/h4-8,10,12-13H,3,9,11,14H2,1-2H3,(H,24,27). The summed E-state index contributed by atoms with van der Waals surface area (Å²) in [6.45, 7) is 4.12. The number of aromatic nitrogens is 2. The number of anilines is 1. The van der Waals surface area contributed by atoms with Crippen LogP contribution in [-0.2, 0) is 30.7 Å². The zero-order chi connectivity index (χ0) is 22.0. The van der Waals surface area contributed by atoms with Crippen LogP contribution in [0.2, 0.25) is 0 Å². The molecule has 0 spiro atoms. The summed E-state index contributed by atoms with van der Waals surface area (Å²) in [5.41, 5.74) is 2.56. The van der Waals surface area contributed by atoms with Crippen molar-refractivity contribution in [2.45, 2.75) is 39.8 Å². The number of carbonyl (C=O) groups is 1. The largest absolute Gasteiger partial charge is 0.332 e. The molecule has 6 nitrogen and oxygen atoms in total. The summed E-state index contributed by atoms with van der Waals surface area (Å²) in [6, 6.07) is 11.6. The molecule has 0 aliphatic heterocycles. The predicted molar refractivity (Wildman–Crippen MR) is 128 cm³/mol. The van der Waals surface area contributed by atoms with Crippen molar-refractivity contribution < 1.29 is 4.79 Å². The molecule has 0 aliphatic carbocycles. The fourth-order valence-corrected chi connectivity index (χ4v) is 5.23. The topological polar surface area (TPSA) is 73.1 Å². The molecule has 0 saturated heterocycles. The summed E-state index contributed by atoms with van der Waals surface area (Å²) in [5.74, 6) is -0.290. The van der Waals surface area contributed by atoms with E-state index in [1.807, 2.05) is 49.6 Å². The normalized spacial score (nSPS) is 11.2. The molecule has 1 aromatic carbocycles. The van der Waals surface area contributed by atoms with Gasteiger partial charge >= 0.3 is 5.69 Å². The van der Waals surface area contributed by atoms with Gasteiger partial charge < -0.3 is 5.32 Å². The Bertz CT molecular complexity index is 1350. The van der Waals surface area contributed by atoms with Crippen LogP contribution in [0.1, 0.15) is 22.9 Å². The molecule has 8 heteroatoms. The van der Waals surface area contributed by atoms with E-state index >= 15 is 0 Å². The smallest absolute Gasteiger partial charge is 0.324 e. The highest BCUT2D eigenvalue weighted by atomic mass is 32.1. The van der Waals surface area contributed by atoms with Crippen LogP contribution in [0.4, 0.5) is 5.69 Å². The molecule has 4 aromatic rings. The second kappa shape index (κ2) is 9.03. The van der Waals surface area contributed by atoms with Crippen LogP contribution < -0.4 is 16.6 Å². The van der Waals surface area contributed by atoms with Crippen molar-refractivity contribution in [3.8, 4) is 0 Å². The average molecular weight is 454 g/mol. The molecule has 0 saturated carbocycles. The Balaban J connectivity index is 1.67. The second-order valence-corrected chi connectivity index (χ2v) is 9.25. The summed E-state index contributed by atoms with van der Waals surface area (Å²) in [6.07, 6.45) is 1.39. The van der Waals surface area contributed by atoms with Gasteiger partial charge in [0.25, 0.3) is 5.56 Å². The average Bonchev–Trinajstić information content (AvgIpc) is 3.44. The molecule has 0 unspecified atom stereocenters. The lowest BCUT2D eigenvalue weighted by molar-refractivity contribution is -0.116. The first-order valence-corrected chi connectivity index (χ1v) is 11.9. The van der Waals surface area contributed by atoms with Crippen molar-refractivity contribution in [3.63, 3.8) is 0 Å². The van der Waals surface area contributed by atoms with Gasteiger partial charge in [-0.3, -0.25) is 18.7 Å². The molecule has 3 aromatic heterocycles. The Kier molecular flexibility index (Phi) is 6.20. The number of nitrogens with one attached hydrogen (secondary N) is 1. The van der Waals surface area contributed by atoms with Gasteiger partial charge in [0, 0.05) is 17.1 Å². The number of benzene rings is 1. The third kappa shape index (κ3) is 4.26. The van der Waals surface area contributed by atoms with Gasteiger partial charge in [-0.05, 0) is 53.8 Å². The van der Waals surface area contributed by atoms with Gasteiger partial charge in [-0.1, -0.05) is 31.2 Å². The molecule has 31 heavy (non-hydrogen) atoms. The van der Waals surface area contributed by atoms with E-state index in [4.69, 9.17) is 0 Å². The lowest BCUT2D eigenvalue weighted by Crippen LogP contribution is -2.41. The van der Waals surface area contributed by atoms with Gasteiger partial charge in [0.15, 0.2) is 0 Å². The summed E-state index contributed by atoms with van der Waals surface area (Å²) in [4.78, 5) is 40.1. The van der Waals surface area contributed by atoms with E-state index in [1.54, 1.807) is 22.8 Å². The number of carbonyl (C=O) groups excluding carboxylic acids is 1. The minimum absolute atomic E-state index is 0.150. The predicted octanol–water partition coefficient (Wildman–Crippen LogP) is 4.04. The van der Waals surface area contributed by atoms with Crippen LogP contribution in [0.25, 0.3) is 10.2 Å². The Morgan fingerprint density at radius 2 is 1.87 bits per heavy atom.